The van der Waals surface area contributed by atoms with Crippen LogP contribution in [0.2, 0.25) is 0 Å². The molecule has 0 aliphatic carbocycles. The summed E-state index contributed by atoms with van der Waals surface area (Å²) in [4.78, 5) is 23.3. The minimum absolute atomic E-state index is 0.0711. The van der Waals surface area contributed by atoms with Crippen molar-refractivity contribution in [1.82, 2.24) is 9.88 Å². The molecule has 1 unspecified atom stereocenters. The Bertz CT molecular complexity index is 479. The maximum absolute atomic E-state index is 11.9. The molecule has 0 aliphatic heterocycles. The van der Waals surface area contributed by atoms with Gasteiger partial charge in [0.15, 0.2) is 0 Å². The summed E-state index contributed by atoms with van der Waals surface area (Å²) in [5.41, 5.74) is 0.809. The zero-order valence-electron chi connectivity index (χ0n) is 12.4. The average molecular weight is 300 g/mol. The Balaban J connectivity index is 2.47. The van der Waals surface area contributed by atoms with Crippen LogP contribution >= 0.6 is 11.3 Å². The second kappa shape index (κ2) is 8.21. The summed E-state index contributed by atoms with van der Waals surface area (Å²) in [6.07, 6.45) is 1.66. The average Bonchev–Trinajstić information content (AvgIpc) is 2.67. The highest BCUT2D eigenvalue weighted by Gasteiger charge is 2.13. The third kappa shape index (κ3) is 5.46. The molecular formula is C14H24N2O3S. The van der Waals surface area contributed by atoms with Crippen molar-refractivity contribution >= 4 is 17.2 Å². The van der Waals surface area contributed by atoms with Crippen molar-refractivity contribution in [2.45, 2.75) is 40.2 Å². The zero-order chi connectivity index (χ0) is 15.1. The van der Waals surface area contributed by atoms with Gasteiger partial charge in [-0.3, -0.25) is 14.2 Å². The summed E-state index contributed by atoms with van der Waals surface area (Å²) >= 11 is 1.11. The number of aromatic nitrogens is 1. The molecule has 5 nitrogen and oxygen atoms in total. The van der Waals surface area contributed by atoms with Gasteiger partial charge in [0.2, 0.25) is 5.91 Å². The summed E-state index contributed by atoms with van der Waals surface area (Å²) < 4.78 is 1.48. The van der Waals surface area contributed by atoms with Gasteiger partial charge < -0.3 is 10.4 Å². The quantitative estimate of drug-likeness (QED) is 0.762. The van der Waals surface area contributed by atoms with Gasteiger partial charge in [-0.2, -0.15) is 0 Å². The molecule has 1 heterocycles. The summed E-state index contributed by atoms with van der Waals surface area (Å²) in [5.74, 6) is 0.662. The maximum Gasteiger partial charge on any atom is 0.307 e. The number of hydrogen-bond acceptors (Lipinski definition) is 4. The number of amides is 1. The second-order valence-corrected chi connectivity index (χ2v) is 6.36. The first-order chi connectivity index (χ1) is 9.43. The fraction of sp³-hybridized carbons (Fsp3) is 0.714. The highest BCUT2D eigenvalue weighted by molar-refractivity contribution is 7.07. The van der Waals surface area contributed by atoms with Crippen molar-refractivity contribution in [3.05, 3.63) is 20.7 Å². The van der Waals surface area contributed by atoms with E-state index in [4.69, 9.17) is 5.11 Å². The van der Waals surface area contributed by atoms with E-state index in [0.29, 0.717) is 18.9 Å². The Labute approximate surface area is 123 Å². The largest absolute Gasteiger partial charge is 0.396 e. The summed E-state index contributed by atoms with van der Waals surface area (Å²) in [5, 5.41) is 13.7. The monoisotopic (exact) mass is 300 g/mol. The predicted octanol–water partition coefficient (Wildman–Crippen LogP) is 1.38. The van der Waals surface area contributed by atoms with E-state index in [0.717, 1.165) is 23.5 Å². The third-order valence-corrected chi connectivity index (χ3v) is 4.09. The van der Waals surface area contributed by atoms with Crippen LogP contribution in [0.3, 0.4) is 0 Å². The van der Waals surface area contributed by atoms with E-state index in [9.17, 15) is 9.59 Å². The minimum atomic E-state index is -0.153. The molecule has 0 aliphatic rings. The molecule has 0 saturated heterocycles. The molecule has 114 valence electrons. The Kier molecular flexibility index (Phi) is 6.95. The molecule has 0 aromatic carbocycles. The van der Waals surface area contributed by atoms with Crippen LogP contribution in [-0.2, 0) is 11.3 Å². The summed E-state index contributed by atoms with van der Waals surface area (Å²) in [6.45, 7) is 6.83. The molecule has 0 saturated carbocycles. The SMILES string of the molecule is Cc1csc(=O)n1CC(=O)NCC(CCO)CC(C)C. The van der Waals surface area contributed by atoms with E-state index in [1.54, 1.807) is 5.38 Å². The number of rotatable bonds is 8. The van der Waals surface area contributed by atoms with E-state index in [1.807, 2.05) is 6.92 Å². The normalized spacial score (nSPS) is 12.7. The van der Waals surface area contributed by atoms with Crippen molar-refractivity contribution in [2.24, 2.45) is 11.8 Å². The Morgan fingerprint density at radius 2 is 2.20 bits per heavy atom. The molecule has 2 N–H and O–H groups in total. The summed E-state index contributed by atoms with van der Waals surface area (Å²) in [7, 11) is 0. The van der Waals surface area contributed by atoms with Crippen molar-refractivity contribution in [2.75, 3.05) is 13.2 Å². The van der Waals surface area contributed by atoms with Gasteiger partial charge in [-0.05, 0) is 31.6 Å². The van der Waals surface area contributed by atoms with Gasteiger partial charge in [-0.15, -0.1) is 0 Å². The smallest absolute Gasteiger partial charge is 0.307 e. The molecule has 0 bridgehead atoms. The lowest BCUT2D eigenvalue weighted by Gasteiger charge is -2.18. The lowest BCUT2D eigenvalue weighted by Crippen LogP contribution is -2.35. The highest BCUT2D eigenvalue weighted by Crippen LogP contribution is 2.14. The molecule has 0 fully saturated rings. The van der Waals surface area contributed by atoms with Crippen molar-refractivity contribution in [1.29, 1.82) is 0 Å². The number of aryl methyl sites for hydroxylation is 1. The third-order valence-electron chi connectivity index (χ3n) is 3.21. The van der Waals surface area contributed by atoms with Crippen LogP contribution in [0.25, 0.3) is 0 Å². The number of hydrogen-bond donors (Lipinski definition) is 2. The number of nitrogens with one attached hydrogen (secondary N) is 1. The van der Waals surface area contributed by atoms with Crippen molar-refractivity contribution < 1.29 is 9.90 Å². The Morgan fingerprint density at radius 1 is 1.50 bits per heavy atom. The second-order valence-electron chi connectivity index (χ2n) is 5.54. The van der Waals surface area contributed by atoms with E-state index in [-0.39, 0.29) is 29.8 Å². The van der Waals surface area contributed by atoms with Gasteiger partial charge >= 0.3 is 4.87 Å². The van der Waals surface area contributed by atoms with Gasteiger partial charge in [0.25, 0.3) is 0 Å². The van der Waals surface area contributed by atoms with Crippen LogP contribution in [-0.4, -0.2) is 28.7 Å². The van der Waals surface area contributed by atoms with Gasteiger partial charge in [-0.1, -0.05) is 25.2 Å². The van der Waals surface area contributed by atoms with Crippen LogP contribution in [0.4, 0.5) is 0 Å². The molecule has 1 aromatic rings. The van der Waals surface area contributed by atoms with E-state index < -0.39 is 0 Å². The highest BCUT2D eigenvalue weighted by atomic mass is 32.1. The first-order valence-electron chi connectivity index (χ1n) is 6.96. The zero-order valence-corrected chi connectivity index (χ0v) is 13.2. The molecule has 6 heteroatoms. The molecule has 1 amide bonds. The summed E-state index contributed by atoms with van der Waals surface area (Å²) in [6, 6.07) is 0. The number of thiazole rings is 1. The van der Waals surface area contributed by atoms with Crippen molar-refractivity contribution in [3.8, 4) is 0 Å². The number of carbonyl (C=O) groups excluding carboxylic acids is 1. The lowest BCUT2D eigenvalue weighted by atomic mass is 9.94. The fourth-order valence-corrected chi connectivity index (χ4v) is 2.94. The Morgan fingerprint density at radius 3 is 2.70 bits per heavy atom. The van der Waals surface area contributed by atoms with Gasteiger partial charge in [0.05, 0.1) is 0 Å². The fourth-order valence-electron chi connectivity index (χ4n) is 2.21. The van der Waals surface area contributed by atoms with Crippen molar-refractivity contribution in [3.63, 3.8) is 0 Å². The predicted molar refractivity (Wildman–Crippen MR) is 81.0 cm³/mol. The van der Waals surface area contributed by atoms with Crippen LogP contribution in [0.15, 0.2) is 10.2 Å². The van der Waals surface area contributed by atoms with Gasteiger partial charge in [0, 0.05) is 24.2 Å². The van der Waals surface area contributed by atoms with Crippen LogP contribution in [0.1, 0.15) is 32.4 Å². The van der Waals surface area contributed by atoms with Gasteiger partial charge in [0.1, 0.15) is 6.54 Å². The first-order valence-corrected chi connectivity index (χ1v) is 7.84. The van der Waals surface area contributed by atoms with Crippen LogP contribution in [0, 0.1) is 18.8 Å². The number of aliphatic hydroxyl groups is 1. The standard InChI is InChI=1S/C14H24N2O3S/c1-10(2)6-12(4-5-17)7-15-13(18)8-16-11(3)9-20-14(16)19/h9-10,12,17H,4-8H2,1-3H3,(H,15,18). The van der Waals surface area contributed by atoms with E-state index in [1.165, 1.54) is 4.57 Å². The topological polar surface area (TPSA) is 71.3 Å². The minimum Gasteiger partial charge on any atom is -0.396 e. The molecule has 20 heavy (non-hydrogen) atoms. The number of aliphatic hydroxyl groups excluding tert-OH is 1. The first kappa shape index (κ1) is 16.9. The van der Waals surface area contributed by atoms with Crippen LogP contribution < -0.4 is 10.2 Å². The molecule has 1 rings (SSSR count). The number of carbonyl (C=O) groups is 1. The lowest BCUT2D eigenvalue weighted by molar-refractivity contribution is -0.122. The molecule has 0 spiro atoms. The number of nitrogens with zero attached hydrogens (tertiary/aromatic N) is 1. The maximum atomic E-state index is 11.9. The van der Waals surface area contributed by atoms with Crippen LogP contribution in [0.5, 0.6) is 0 Å². The van der Waals surface area contributed by atoms with Gasteiger partial charge in [-0.25, -0.2) is 0 Å². The molecule has 0 radical (unpaired) electrons. The van der Waals surface area contributed by atoms with E-state index >= 15 is 0 Å². The Hall–Kier alpha value is -1.14. The molecule has 1 atom stereocenters. The molecular weight excluding hydrogens is 276 g/mol. The van der Waals surface area contributed by atoms with E-state index in [2.05, 4.69) is 19.2 Å². The molecule has 1 aromatic heterocycles.